The summed E-state index contributed by atoms with van der Waals surface area (Å²) in [6.45, 7) is 3.78. The molecule has 1 aliphatic rings. The number of anilines is 1. The van der Waals surface area contributed by atoms with E-state index in [2.05, 4.69) is 15.3 Å². The Hall–Kier alpha value is -3.46. The van der Waals surface area contributed by atoms with Gasteiger partial charge in [-0.3, -0.25) is 14.9 Å². The van der Waals surface area contributed by atoms with Crippen molar-refractivity contribution in [3.05, 3.63) is 64.0 Å². The number of aromatic amines is 1. The molecule has 0 radical (unpaired) electrons. The summed E-state index contributed by atoms with van der Waals surface area (Å²) in [5.41, 5.74) is 2.21. The minimum atomic E-state index is -0.482. The molecule has 1 atom stereocenters. The number of morpholine rings is 1. The van der Waals surface area contributed by atoms with Gasteiger partial charge in [-0.1, -0.05) is 12.1 Å². The van der Waals surface area contributed by atoms with E-state index in [0.29, 0.717) is 43.4 Å². The number of nitrogens with zero attached hydrogens (tertiary/aromatic N) is 3. The summed E-state index contributed by atoms with van der Waals surface area (Å²) in [5.74, 6) is 0.447. The van der Waals surface area contributed by atoms with Gasteiger partial charge in [0.1, 0.15) is 11.5 Å². The molecule has 0 aliphatic carbocycles. The summed E-state index contributed by atoms with van der Waals surface area (Å²) in [5, 5.41) is 14.8. The molecule has 0 saturated carbocycles. The van der Waals surface area contributed by atoms with Crippen LogP contribution in [0.4, 0.5) is 11.4 Å². The number of carbonyl (C=O) groups excluding carboxylic acids is 1. The average molecular weight is 395 g/mol. The number of para-hydroxylation sites is 2. The first-order chi connectivity index (χ1) is 14.0. The third kappa shape index (κ3) is 3.90. The zero-order chi connectivity index (χ0) is 20.4. The van der Waals surface area contributed by atoms with Gasteiger partial charge in [-0.25, -0.2) is 4.98 Å². The van der Waals surface area contributed by atoms with E-state index < -0.39 is 4.92 Å². The second kappa shape index (κ2) is 7.88. The van der Waals surface area contributed by atoms with Gasteiger partial charge in [-0.15, -0.1) is 0 Å². The molecule has 150 valence electrons. The summed E-state index contributed by atoms with van der Waals surface area (Å²) in [6, 6.07) is 11.9. The minimum absolute atomic E-state index is 0.146. The number of rotatable bonds is 5. The predicted molar refractivity (Wildman–Crippen MR) is 108 cm³/mol. The lowest BCUT2D eigenvalue weighted by molar-refractivity contribution is -0.384. The van der Waals surface area contributed by atoms with Crippen molar-refractivity contribution in [1.29, 1.82) is 0 Å². The summed E-state index contributed by atoms with van der Waals surface area (Å²) < 4.78 is 5.25. The largest absolute Gasteiger partial charge is 0.378 e. The van der Waals surface area contributed by atoms with Gasteiger partial charge in [0, 0.05) is 24.7 Å². The van der Waals surface area contributed by atoms with Crippen molar-refractivity contribution in [2.45, 2.75) is 13.0 Å². The van der Waals surface area contributed by atoms with Gasteiger partial charge < -0.3 is 19.9 Å². The molecular weight excluding hydrogens is 374 g/mol. The van der Waals surface area contributed by atoms with E-state index in [1.807, 2.05) is 31.2 Å². The van der Waals surface area contributed by atoms with Gasteiger partial charge in [0.25, 0.3) is 11.6 Å². The van der Waals surface area contributed by atoms with Crippen LogP contribution in [-0.2, 0) is 4.74 Å². The first-order valence-corrected chi connectivity index (χ1v) is 9.39. The van der Waals surface area contributed by atoms with E-state index in [1.54, 1.807) is 17.0 Å². The maximum atomic E-state index is 12.6. The van der Waals surface area contributed by atoms with Gasteiger partial charge in [-0.2, -0.15) is 0 Å². The van der Waals surface area contributed by atoms with E-state index >= 15 is 0 Å². The number of ether oxygens (including phenoxy) is 1. The number of fused-ring (bicyclic) bond motifs is 1. The van der Waals surface area contributed by atoms with Crippen molar-refractivity contribution < 1.29 is 14.5 Å². The molecule has 9 nitrogen and oxygen atoms in total. The number of aromatic nitrogens is 2. The molecule has 2 N–H and O–H groups in total. The highest BCUT2D eigenvalue weighted by atomic mass is 16.6. The number of hydrogen-bond acceptors (Lipinski definition) is 6. The summed E-state index contributed by atoms with van der Waals surface area (Å²) >= 11 is 0. The number of H-pyrrole nitrogens is 1. The lowest BCUT2D eigenvalue weighted by Crippen LogP contribution is -2.40. The molecule has 29 heavy (non-hydrogen) atoms. The number of benzene rings is 2. The van der Waals surface area contributed by atoms with Crippen molar-refractivity contribution in [3.63, 3.8) is 0 Å². The van der Waals surface area contributed by atoms with E-state index in [0.717, 1.165) is 11.0 Å². The second-order valence-electron chi connectivity index (χ2n) is 6.90. The molecule has 0 bridgehead atoms. The molecule has 2 aromatic carbocycles. The fraction of sp³-hybridized carbons (Fsp3) is 0.300. The Balaban J connectivity index is 1.57. The zero-order valence-electron chi connectivity index (χ0n) is 15.9. The van der Waals surface area contributed by atoms with Crippen LogP contribution in [-0.4, -0.2) is 52.0 Å². The molecule has 9 heteroatoms. The molecule has 2 heterocycles. The van der Waals surface area contributed by atoms with Crippen LogP contribution in [0.2, 0.25) is 0 Å². The molecule has 1 aromatic heterocycles. The maximum absolute atomic E-state index is 12.6. The SMILES string of the molecule is CC(Nc1ccc(C(=O)N2CCOCC2)cc1[N+](=O)[O-])c1nc2ccccc2[nH]1. The Morgan fingerprint density at radius 2 is 2.03 bits per heavy atom. The maximum Gasteiger partial charge on any atom is 0.293 e. The molecule has 1 saturated heterocycles. The summed E-state index contributed by atoms with van der Waals surface area (Å²) in [6.07, 6.45) is 0. The third-order valence-corrected chi connectivity index (χ3v) is 4.93. The van der Waals surface area contributed by atoms with Crippen LogP contribution in [0, 0.1) is 10.1 Å². The lowest BCUT2D eigenvalue weighted by Gasteiger charge is -2.26. The Bertz CT molecular complexity index is 1020. The standard InChI is InChI=1S/C20H21N5O4/c1-13(19-22-15-4-2-3-5-16(15)23-19)21-17-7-6-14(12-18(17)25(27)28)20(26)24-8-10-29-11-9-24/h2-7,12-13,21H,8-11H2,1H3,(H,22,23). The lowest BCUT2D eigenvalue weighted by atomic mass is 10.1. The minimum Gasteiger partial charge on any atom is -0.378 e. The quantitative estimate of drug-likeness (QED) is 0.507. The van der Waals surface area contributed by atoms with Crippen molar-refractivity contribution >= 4 is 28.3 Å². The molecule has 1 fully saturated rings. The first-order valence-electron chi connectivity index (χ1n) is 9.39. The number of nitro groups is 1. The Kier molecular flexibility index (Phi) is 5.13. The summed E-state index contributed by atoms with van der Waals surface area (Å²) in [4.78, 5) is 33.2. The van der Waals surface area contributed by atoms with E-state index in [4.69, 9.17) is 4.74 Å². The zero-order valence-corrected chi connectivity index (χ0v) is 15.9. The monoisotopic (exact) mass is 395 g/mol. The second-order valence-corrected chi connectivity index (χ2v) is 6.90. The highest BCUT2D eigenvalue weighted by Crippen LogP contribution is 2.29. The molecular formula is C20H21N5O4. The summed E-state index contributed by atoms with van der Waals surface area (Å²) in [7, 11) is 0. The predicted octanol–water partition coefficient (Wildman–Crippen LogP) is 3.12. The molecule has 4 rings (SSSR count). The van der Waals surface area contributed by atoms with Gasteiger partial charge in [-0.05, 0) is 31.2 Å². The molecule has 0 spiro atoms. The van der Waals surface area contributed by atoms with Gasteiger partial charge >= 0.3 is 0 Å². The highest BCUT2D eigenvalue weighted by Gasteiger charge is 2.24. The van der Waals surface area contributed by atoms with Gasteiger partial charge in [0.2, 0.25) is 0 Å². The van der Waals surface area contributed by atoms with E-state index in [1.165, 1.54) is 6.07 Å². The van der Waals surface area contributed by atoms with Gasteiger partial charge in [0.05, 0.1) is 35.2 Å². The number of nitro benzene ring substituents is 1. The van der Waals surface area contributed by atoms with E-state index in [-0.39, 0.29) is 17.6 Å². The fourth-order valence-corrected chi connectivity index (χ4v) is 3.37. The van der Waals surface area contributed by atoms with Crippen LogP contribution in [0.5, 0.6) is 0 Å². The van der Waals surface area contributed by atoms with Crippen LogP contribution in [0.15, 0.2) is 42.5 Å². The van der Waals surface area contributed by atoms with Crippen LogP contribution in [0.25, 0.3) is 11.0 Å². The van der Waals surface area contributed by atoms with Crippen molar-refractivity contribution in [3.8, 4) is 0 Å². The smallest absolute Gasteiger partial charge is 0.293 e. The molecule has 1 unspecified atom stereocenters. The number of nitrogens with one attached hydrogen (secondary N) is 2. The first kappa shape index (κ1) is 18.9. The van der Waals surface area contributed by atoms with Crippen molar-refractivity contribution in [2.24, 2.45) is 0 Å². The number of amides is 1. The number of imidazole rings is 1. The Morgan fingerprint density at radius 3 is 2.76 bits per heavy atom. The van der Waals surface area contributed by atoms with Gasteiger partial charge in [0.15, 0.2) is 0 Å². The highest BCUT2D eigenvalue weighted by molar-refractivity contribution is 5.95. The fourth-order valence-electron chi connectivity index (χ4n) is 3.37. The number of hydrogen-bond donors (Lipinski definition) is 2. The van der Waals surface area contributed by atoms with Crippen LogP contribution in [0.3, 0.4) is 0 Å². The average Bonchev–Trinajstić information content (AvgIpc) is 3.18. The van der Waals surface area contributed by atoms with Crippen molar-refractivity contribution in [2.75, 3.05) is 31.6 Å². The molecule has 1 aliphatic heterocycles. The van der Waals surface area contributed by atoms with Crippen molar-refractivity contribution in [1.82, 2.24) is 14.9 Å². The molecule has 1 amide bonds. The van der Waals surface area contributed by atoms with Crippen LogP contribution < -0.4 is 5.32 Å². The number of carbonyl (C=O) groups is 1. The molecule has 3 aromatic rings. The Morgan fingerprint density at radius 1 is 1.28 bits per heavy atom. The van der Waals surface area contributed by atoms with Crippen LogP contribution >= 0.6 is 0 Å². The third-order valence-electron chi connectivity index (χ3n) is 4.93. The topological polar surface area (TPSA) is 113 Å². The normalized spacial score (nSPS) is 15.3. The van der Waals surface area contributed by atoms with E-state index in [9.17, 15) is 14.9 Å². The van der Waals surface area contributed by atoms with Crippen LogP contribution in [0.1, 0.15) is 29.1 Å². The Labute approximate surface area is 166 Å².